The monoisotopic (exact) mass is 1340 g/mol. The quantitative estimate of drug-likeness (QED) is 0.237. The van der Waals surface area contributed by atoms with Crippen LogP contribution in [0.15, 0.2) is 42.5 Å². The molecule has 28 heteroatoms. The Labute approximate surface area is 555 Å². The van der Waals surface area contributed by atoms with Gasteiger partial charge < -0.3 is 60.5 Å². The topological polar surface area (TPSA) is 279 Å². The Morgan fingerprint density at radius 3 is 1.77 bits per heavy atom. The van der Waals surface area contributed by atoms with Crippen molar-refractivity contribution in [3.8, 4) is 0 Å². The van der Waals surface area contributed by atoms with Crippen molar-refractivity contribution >= 4 is 82.5 Å². The van der Waals surface area contributed by atoms with Crippen LogP contribution in [0, 0.1) is 24.7 Å². The number of hydrogen-bond acceptors (Lipinski definition) is 12. The number of halogens is 4. The summed E-state index contributed by atoms with van der Waals surface area (Å²) < 4.78 is 41.1. The Morgan fingerprint density at radius 2 is 1.23 bits per heavy atom. The maximum Gasteiger partial charge on any atom is 0.417 e. The minimum absolute atomic E-state index is 0.0575. The van der Waals surface area contributed by atoms with Crippen molar-refractivity contribution in [3.05, 3.63) is 69.7 Å². The molecule has 0 aliphatic carbocycles. The van der Waals surface area contributed by atoms with Crippen LogP contribution in [0.25, 0.3) is 0 Å². The largest absolute Gasteiger partial charge is 0.417 e. The molecule has 522 valence electrons. The highest BCUT2D eigenvalue weighted by atomic mass is 35.5. The van der Waals surface area contributed by atoms with Gasteiger partial charge in [0.25, 0.3) is 0 Å². The normalized spacial score (nSPS) is 25.7. The molecule has 94 heavy (non-hydrogen) atoms. The van der Waals surface area contributed by atoms with Gasteiger partial charge in [-0.1, -0.05) is 102 Å². The van der Waals surface area contributed by atoms with Gasteiger partial charge in [0.15, 0.2) is 0 Å². The third-order valence-corrected chi connectivity index (χ3v) is 18.5. The van der Waals surface area contributed by atoms with Crippen LogP contribution in [0.1, 0.15) is 123 Å². The first-order chi connectivity index (χ1) is 43.7. The van der Waals surface area contributed by atoms with Gasteiger partial charge in [0.05, 0.1) is 23.6 Å². The van der Waals surface area contributed by atoms with Gasteiger partial charge in [-0.3, -0.25) is 57.5 Å². The summed E-state index contributed by atoms with van der Waals surface area (Å²) in [5.41, 5.74) is 0.683. The fourth-order valence-electron chi connectivity index (χ4n) is 11.4. The molecular weight excluding hydrogens is 1250 g/mol. The van der Waals surface area contributed by atoms with E-state index in [0.29, 0.717) is 18.4 Å². The second-order valence-corrected chi connectivity index (χ2v) is 26.4. The van der Waals surface area contributed by atoms with Crippen LogP contribution in [0.5, 0.6) is 0 Å². The third kappa shape index (κ3) is 19.9. The van der Waals surface area contributed by atoms with Crippen molar-refractivity contribution in [1.29, 1.82) is 0 Å². The second kappa shape index (κ2) is 34.0. The lowest BCUT2D eigenvalue weighted by molar-refractivity contribution is -0.160. The van der Waals surface area contributed by atoms with Gasteiger partial charge >= 0.3 is 6.18 Å². The highest BCUT2D eigenvalue weighted by Gasteiger charge is 2.47. The molecule has 2 saturated heterocycles. The molecule has 12 atom stereocenters. The molecule has 0 aromatic heterocycles. The van der Waals surface area contributed by atoms with Crippen LogP contribution in [-0.2, 0) is 76.6 Å². The summed E-state index contributed by atoms with van der Waals surface area (Å²) in [7, 11) is 11.0. The Hall–Kier alpha value is -7.84. The van der Waals surface area contributed by atoms with Crippen molar-refractivity contribution in [1.82, 2.24) is 60.5 Å². The van der Waals surface area contributed by atoms with Crippen LogP contribution in [0.3, 0.4) is 0 Å². The standard InChI is InChI=1S/C66H98ClF3N12O12/c1-19-38(6)54-64(93)77(14)42(10)60(89)82-30-29-48(82)63(92)79(16)50(33-44-23-21-37(5)22-24-44)62(91)76(13)35-52(83)73-47(28-26-43-25-27-45(46(67)32-43)66(68,69)70)57(86)71-40(8)56(85)72-41(9)59(88)81(18)55(39(7)20-2)65(94)80(17)51(61(90)75(11)12)34-53(84)78(15)49(31-36(3)4)58(87)74-54/h21-25,27,32,36,38-42,47-51,54-55H,19-20,26,28-31,33-35H2,1-18H3,(H,71,86)(H,72,85)(H,73,83)(H,74,87)/t38-,39-,40+,41-,42-,47-,48?,49-,50-,51-,54-,55-/m0/s1. The predicted octanol–water partition coefficient (Wildman–Crippen LogP) is 3.67. The Bertz CT molecular complexity index is 3100. The van der Waals surface area contributed by atoms with Crippen LogP contribution >= 0.6 is 11.6 Å². The van der Waals surface area contributed by atoms with Gasteiger partial charge in [-0.2, -0.15) is 13.2 Å². The highest BCUT2D eigenvalue weighted by molar-refractivity contribution is 6.31. The van der Waals surface area contributed by atoms with E-state index >= 15 is 0 Å². The van der Waals surface area contributed by atoms with E-state index in [0.717, 1.165) is 38.5 Å². The van der Waals surface area contributed by atoms with E-state index in [1.807, 2.05) is 39.8 Å². The van der Waals surface area contributed by atoms with Crippen LogP contribution in [-0.4, -0.2) is 240 Å². The number of hydrogen-bond donors (Lipinski definition) is 4. The SMILES string of the molecule is CC[C@H](C)[C@@H]1NC(=O)[C@H](CC(C)C)N(C)C(=O)C[C@@H](C(=O)N(C)C)N(C)C(=O)[C@H]([C@@H](C)CC)N(C)C(=O)[C@H](C)NC(=O)[C@@H](C)NC(=O)[C@H](CCc2ccc(C(F)(F)F)c(Cl)c2)NC(=O)CN(C)C(=O)[C@H](Cc2ccc(C)cc2)N(C)C(=O)C2CCN2C(=O)[C@H](C)N(C)C1=O. The van der Waals surface area contributed by atoms with Gasteiger partial charge in [0, 0.05) is 69.3 Å². The zero-order valence-electron chi connectivity index (χ0n) is 57.6. The first kappa shape index (κ1) is 78.6. The minimum atomic E-state index is -4.77. The molecule has 2 heterocycles. The van der Waals surface area contributed by atoms with Crippen molar-refractivity contribution < 1.29 is 70.7 Å². The molecule has 24 nitrogen and oxygen atoms in total. The molecule has 0 saturated carbocycles. The van der Waals surface area contributed by atoms with Crippen molar-refractivity contribution in [3.63, 3.8) is 0 Å². The molecule has 2 aromatic carbocycles. The molecule has 2 aliphatic heterocycles. The first-order valence-electron chi connectivity index (χ1n) is 31.9. The van der Waals surface area contributed by atoms with E-state index in [-0.39, 0.29) is 50.1 Å². The Kier molecular flexibility index (Phi) is 28.4. The van der Waals surface area contributed by atoms with Gasteiger partial charge in [-0.05, 0) is 94.4 Å². The molecule has 2 aliphatic rings. The number of aryl methyl sites for hydroxylation is 2. The fraction of sp³-hybridized carbons (Fsp3) is 0.636. The highest BCUT2D eigenvalue weighted by Crippen LogP contribution is 2.35. The number of benzene rings is 2. The predicted molar refractivity (Wildman–Crippen MR) is 347 cm³/mol. The molecule has 4 N–H and O–H groups in total. The summed E-state index contributed by atoms with van der Waals surface area (Å²) in [5.74, 6) is -10.3. The lowest BCUT2D eigenvalue weighted by Gasteiger charge is -2.45. The van der Waals surface area contributed by atoms with E-state index in [9.17, 15) is 70.7 Å². The van der Waals surface area contributed by atoms with Gasteiger partial charge in [-0.15, -0.1) is 0 Å². The number of rotatable bonds is 12. The van der Waals surface area contributed by atoms with Gasteiger partial charge in [0.1, 0.15) is 60.4 Å². The van der Waals surface area contributed by atoms with E-state index in [2.05, 4.69) is 21.3 Å². The average molecular weight is 1340 g/mol. The summed E-state index contributed by atoms with van der Waals surface area (Å²) in [4.78, 5) is 183. The number of carbonyl (C=O) groups is 12. The number of nitrogens with zero attached hydrogens (tertiary/aromatic N) is 8. The summed E-state index contributed by atoms with van der Waals surface area (Å²) in [6.07, 6.45) is -4.88. The molecule has 0 bridgehead atoms. The molecule has 1 unspecified atom stereocenters. The zero-order chi connectivity index (χ0) is 71.3. The molecule has 2 aromatic rings. The van der Waals surface area contributed by atoms with E-state index < -0.39 is 173 Å². The number of carbonyl (C=O) groups excluding carboxylic acids is 12. The number of alkyl halides is 3. The van der Waals surface area contributed by atoms with Crippen molar-refractivity contribution in [2.45, 2.75) is 187 Å². The molecule has 0 spiro atoms. The smallest absolute Gasteiger partial charge is 0.347 e. The van der Waals surface area contributed by atoms with Crippen LogP contribution < -0.4 is 21.3 Å². The van der Waals surface area contributed by atoms with E-state index in [1.54, 1.807) is 32.9 Å². The second-order valence-electron chi connectivity index (χ2n) is 25.9. The van der Waals surface area contributed by atoms with Gasteiger partial charge in [0.2, 0.25) is 70.9 Å². The Balaban J connectivity index is 1.86. The number of likely N-dealkylation sites (N-methyl/N-ethyl adjacent to an activating group) is 7. The number of amides is 12. The summed E-state index contributed by atoms with van der Waals surface area (Å²) >= 11 is 6.05. The minimum Gasteiger partial charge on any atom is -0.347 e. The third-order valence-electron chi connectivity index (χ3n) is 18.2. The van der Waals surface area contributed by atoms with Crippen LogP contribution in [0.2, 0.25) is 5.02 Å². The van der Waals surface area contributed by atoms with Gasteiger partial charge in [-0.25, -0.2) is 0 Å². The molecular formula is C66H98ClF3N12O12. The maximum absolute atomic E-state index is 14.9. The lowest BCUT2D eigenvalue weighted by Crippen LogP contribution is -2.65. The van der Waals surface area contributed by atoms with Crippen LogP contribution in [0.4, 0.5) is 13.2 Å². The Morgan fingerprint density at radius 1 is 0.649 bits per heavy atom. The first-order valence-corrected chi connectivity index (χ1v) is 32.3. The zero-order valence-corrected chi connectivity index (χ0v) is 58.4. The number of nitrogens with one attached hydrogen (secondary N) is 4. The summed E-state index contributed by atoms with van der Waals surface area (Å²) in [6, 6.07) is -2.94. The van der Waals surface area contributed by atoms with E-state index in [4.69, 9.17) is 11.6 Å². The molecule has 4 rings (SSSR count). The molecule has 12 amide bonds. The average Bonchev–Trinajstić information content (AvgIpc) is 0.785. The van der Waals surface area contributed by atoms with E-state index in [1.165, 1.54) is 102 Å². The summed E-state index contributed by atoms with van der Waals surface area (Å²) in [5, 5.41) is 9.93. The fourth-order valence-corrected chi connectivity index (χ4v) is 11.7. The van der Waals surface area contributed by atoms with Crippen molar-refractivity contribution in [2.75, 3.05) is 69.5 Å². The lowest BCUT2D eigenvalue weighted by atomic mass is 9.94. The number of fused-ring (bicyclic) bond motifs is 1. The summed E-state index contributed by atoms with van der Waals surface area (Å²) in [6.45, 7) is 16.1. The van der Waals surface area contributed by atoms with Crippen molar-refractivity contribution in [2.24, 2.45) is 17.8 Å². The molecule has 0 radical (unpaired) electrons. The molecule has 2 fully saturated rings. The maximum atomic E-state index is 14.9.